The van der Waals surface area contributed by atoms with Crippen molar-refractivity contribution < 1.29 is 0 Å². The van der Waals surface area contributed by atoms with Crippen LogP contribution >= 0.6 is 11.3 Å². The van der Waals surface area contributed by atoms with Gasteiger partial charge in [-0.1, -0.05) is 78.9 Å². The van der Waals surface area contributed by atoms with E-state index in [1.54, 1.807) is 6.33 Å². The van der Waals surface area contributed by atoms with E-state index >= 15 is 0 Å². The van der Waals surface area contributed by atoms with Gasteiger partial charge in [-0.05, 0) is 17.7 Å². The Kier molecular flexibility index (Phi) is 4.33. The Balaban J connectivity index is 1.64. The van der Waals surface area contributed by atoms with Gasteiger partial charge in [0, 0.05) is 16.5 Å². The van der Waals surface area contributed by atoms with Crippen LogP contribution in [0.3, 0.4) is 0 Å². The van der Waals surface area contributed by atoms with Gasteiger partial charge in [0.1, 0.15) is 27.1 Å². The van der Waals surface area contributed by atoms with Crippen LogP contribution in [-0.2, 0) is 0 Å². The average molecular weight is 473 g/mol. The summed E-state index contributed by atoms with van der Waals surface area (Å²) >= 11 is 1.30. The van der Waals surface area contributed by atoms with Crippen LogP contribution in [0.5, 0.6) is 0 Å². The van der Waals surface area contributed by atoms with E-state index < -0.39 is 0 Å². The molecule has 0 atom stereocenters. The molecule has 7 aromatic rings. The number of nitrogens with zero attached hydrogens (tertiary/aromatic N) is 6. The fourth-order valence-electron chi connectivity index (χ4n) is 4.43. The number of thiophene rings is 1. The highest BCUT2D eigenvalue weighted by molar-refractivity contribution is 7.25. The first-order valence-electron chi connectivity index (χ1n) is 11.0. The van der Waals surface area contributed by atoms with Crippen LogP contribution in [0.1, 0.15) is 0 Å². The molecule has 0 saturated carbocycles. The number of fused-ring (bicyclic) bond motifs is 4. The van der Waals surface area contributed by atoms with Gasteiger partial charge < -0.3 is 0 Å². The maximum Gasteiger partial charge on any atom is 0.293 e. The molecule has 35 heavy (non-hydrogen) atoms. The minimum Gasteiger partial charge on any atom is -0.267 e. The van der Waals surface area contributed by atoms with Crippen LogP contribution in [0.25, 0.3) is 54.3 Å². The molecule has 8 heteroatoms. The van der Waals surface area contributed by atoms with Crippen molar-refractivity contribution in [3.05, 3.63) is 108 Å². The SMILES string of the molecule is O=c1c2sc3nnc(-c4ccccc4)c(-c4ccccc4)c3c2nc2n(-c3ccccc3)cnn12. The number of aromatic nitrogens is 6. The third kappa shape index (κ3) is 3.00. The van der Waals surface area contributed by atoms with Crippen molar-refractivity contribution >= 4 is 37.5 Å². The van der Waals surface area contributed by atoms with Crippen molar-refractivity contribution in [1.82, 2.24) is 29.4 Å². The lowest BCUT2D eigenvalue weighted by Gasteiger charge is -2.10. The van der Waals surface area contributed by atoms with E-state index in [0.29, 0.717) is 20.8 Å². The molecule has 4 aromatic heterocycles. The molecule has 3 aromatic carbocycles. The topological polar surface area (TPSA) is 78.0 Å². The van der Waals surface area contributed by atoms with Crippen LogP contribution in [-0.4, -0.2) is 29.4 Å². The van der Waals surface area contributed by atoms with Gasteiger partial charge in [0.2, 0.25) is 5.78 Å². The van der Waals surface area contributed by atoms with Gasteiger partial charge in [-0.15, -0.1) is 21.5 Å². The highest BCUT2D eigenvalue weighted by atomic mass is 32.1. The van der Waals surface area contributed by atoms with Crippen LogP contribution < -0.4 is 5.56 Å². The first-order chi connectivity index (χ1) is 17.3. The van der Waals surface area contributed by atoms with Gasteiger partial charge in [0.05, 0.1) is 5.69 Å². The Morgan fingerprint density at radius 2 is 1.40 bits per heavy atom. The molecule has 0 fully saturated rings. The molecule has 0 aliphatic carbocycles. The molecule has 0 bridgehead atoms. The molecule has 166 valence electrons. The van der Waals surface area contributed by atoms with E-state index in [0.717, 1.165) is 33.5 Å². The molecular formula is C27H16N6OS. The molecule has 7 rings (SSSR count). The predicted octanol–water partition coefficient (Wildman–Crippen LogP) is 5.37. The fraction of sp³-hybridized carbons (Fsp3) is 0. The summed E-state index contributed by atoms with van der Waals surface area (Å²) in [6, 6.07) is 29.8. The predicted molar refractivity (Wildman–Crippen MR) is 138 cm³/mol. The van der Waals surface area contributed by atoms with Crippen LogP contribution in [0.2, 0.25) is 0 Å². The third-order valence-corrected chi connectivity index (χ3v) is 7.07. The fourth-order valence-corrected chi connectivity index (χ4v) is 5.42. The van der Waals surface area contributed by atoms with Gasteiger partial charge in [-0.2, -0.15) is 9.61 Å². The molecule has 0 saturated heterocycles. The number of benzene rings is 3. The molecule has 7 nitrogen and oxygen atoms in total. The van der Waals surface area contributed by atoms with Crippen LogP contribution in [0.4, 0.5) is 0 Å². The quantitative estimate of drug-likeness (QED) is 0.345. The van der Waals surface area contributed by atoms with Crippen LogP contribution in [0.15, 0.2) is 102 Å². The van der Waals surface area contributed by atoms with Crippen molar-refractivity contribution in [1.29, 1.82) is 0 Å². The third-order valence-electron chi connectivity index (χ3n) is 6.02. The molecule has 0 aliphatic rings. The normalized spacial score (nSPS) is 11.5. The van der Waals surface area contributed by atoms with E-state index in [9.17, 15) is 4.79 Å². The summed E-state index contributed by atoms with van der Waals surface area (Å²) in [5, 5.41) is 14.3. The summed E-state index contributed by atoms with van der Waals surface area (Å²) in [7, 11) is 0. The van der Waals surface area contributed by atoms with Gasteiger partial charge in [0.25, 0.3) is 5.56 Å². The lowest BCUT2D eigenvalue weighted by atomic mass is 9.97. The molecular weight excluding hydrogens is 456 g/mol. The maximum absolute atomic E-state index is 13.5. The maximum atomic E-state index is 13.5. The zero-order valence-corrected chi connectivity index (χ0v) is 19.1. The molecule has 4 heterocycles. The van der Waals surface area contributed by atoms with Crippen molar-refractivity contribution in [3.63, 3.8) is 0 Å². The van der Waals surface area contributed by atoms with Gasteiger partial charge >= 0.3 is 0 Å². The van der Waals surface area contributed by atoms with Crippen molar-refractivity contribution in [2.45, 2.75) is 0 Å². The van der Waals surface area contributed by atoms with E-state index in [-0.39, 0.29) is 5.56 Å². The number of hydrogen-bond acceptors (Lipinski definition) is 6. The standard InChI is InChI=1S/C27H16N6OS/c34-26-24-23(29-27-32(16-28-33(26)27)19-14-8-3-9-15-19)21-20(17-10-4-1-5-11-17)22(30-31-25(21)35-24)18-12-6-2-7-13-18/h1-16H. The zero-order chi connectivity index (χ0) is 23.4. The second kappa shape index (κ2) is 7.68. The molecule has 0 spiro atoms. The monoisotopic (exact) mass is 472 g/mol. The smallest absolute Gasteiger partial charge is 0.267 e. The second-order valence-corrected chi connectivity index (χ2v) is 9.08. The van der Waals surface area contributed by atoms with Crippen molar-refractivity contribution in [2.75, 3.05) is 0 Å². The minimum absolute atomic E-state index is 0.219. The molecule has 0 aliphatic heterocycles. The Morgan fingerprint density at radius 3 is 2.11 bits per heavy atom. The van der Waals surface area contributed by atoms with E-state index in [1.165, 1.54) is 15.9 Å². The van der Waals surface area contributed by atoms with E-state index in [4.69, 9.17) is 4.98 Å². The Morgan fingerprint density at radius 1 is 0.743 bits per heavy atom. The minimum atomic E-state index is -0.219. The number of hydrogen-bond donors (Lipinski definition) is 0. The van der Waals surface area contributed by atoms with E-state index in [2.05, 4.69) is 15.3 Å². The zero-order valence-electron chi connectivity index (χ0n) is 18.2. The largest absolute Gasteiger partial charge is 0.293 e. The summed E-state index contributed by atoms with van der Waals surface area (Å²) < 4.78 is 3.67. The highest BCUT2D eigenvalue weighted by Gasteiger charge is 2.23. The van der Waals surface area contributed by atoms with Crippen LogP contribution in [0, 0.1) is 0 Å². The highest BCUT2D eigenvalue weighted by Crippen LogP contribution is 2.41. The molecule has 0 amide bonds. The van der Waals surface area contributed by atoms with Crippen molar-refractivity contribution in [2.24, 2.45) is 0 Å². The Labute approximate surface area is 202 Å². The Hall–Kier alpha value is -4.69. The van der Waals surface area contributed by atoms with E-state index in [1.807, 2.05) is 95.6 Å². The lowest BCUT2D eigenvalue weighted by Crippen LogP contribution is -2.15. The first-order valence-corrected chi connectivity index (χ1v) is 11.9. The molecule has 0 radical (unpaired) electrons. The summed E-state index contributed by atoms with van der Waals surface area (Å²) in [5.74, 6) is 0.450. The molecule has 0 unspecified atom stereocenters. The second-order valence-electron chi connectivity index (χ2n) is 8.08. The number of para-hydroxylation sites is 1. The van der Waals surface area contributed by atoms with Gasteiger partial charge in [0.15, 0.2) is 0 Å². The first kappa shape index (κ1) is 19.7. The number of rotatable bonds is 3. The van der Waals surface area contributed by atoms with Crippen molar-refractivity contribution in [3.8, 4) is 28.1 Å². The summed E-state index contributed by atoms with van der Waals surface area (Å²) in [5.41, 5.74) is 4.87. The summed E-state index contributed by atoms with van der Waals surface area (Å²) in [6.45, 7) is 0. The van der Waals surface area contributed by atoms with Gasteiger partial charge in [-0.3, -0.25) is 9.36 Å². The average Bonchev–Trinajstić information content (AvgIpc) is 3.52. The summed E-state index contributed by atoms with van der Waals surface area (Å²) in [6.07, 6.45) is 1.62. The Bertz CT molecular complexity index is 1910. The summed E-state index contributed by atoms with van der Waals surface area (Å²) in [4.78, 5) is 19.2. The lowest BCUT2D eigenvalue weighted by molar-refractivity contribution is 0.917. The molecule has 0 N–H and O–H groups in total. The van der Waals surface area contributed by atoms with Gasteiger partial charge in [-0.25, -0.2) is 4.98 Å².